The minimum atomic E-state index is -4.60. The highest BCUT2D eigenvalue weighted by molar-refractivity contribution is 6.33. The number of esters is 1. The third kappa shape index (κ3) is 5.36. The molecule has 0 saturated carbocycles. The number of carbonyl (C=O) groups excluding carboxylic acids is 2. The zero-order chi connectivity index (χ0) is 22.6. The average Bonchev–Trinajstić information content (AvgIpc) is 3.10. The number of fused-ring (bicyclic) bond motifs is 1. The van der Waals surface area contributed by atoms with Gasteiger partial charge < -0.3 is 19.2 Å². The van der Waals surface area contributed by atoms with Gasteiger partial charge in [0.1, 0.15) is 5.58 Å². The Hall–Kier alpha value is -3.04. The Morgan fingerprint density at radius 2 is 1.90 bits per heavy atom. The normalized spacial score (nSPS) is 11.5. The smallest absolute Gasteiger partial charge is 0.416 e. The monoisotopic (exact) mass is 455 g/mol. The first kappa shape index (κ1) is 22.6. The maximum atomic E-state index is 12.8. The Morgan fingerprint density at radius 1 is 1.16 bits per heavy atom. The molecule has 164 valence electrons. The van der Waals surface area contributed by atoms with E-state index in [1.165, 1.54) is 0 Å². The van der Waals surface area contributed by atoms with Gasteiger partial charge in [0, 0.05) is 17.6 Å². The molecule has 0 aliphatic carbocycles. The summed E-state index contributed by atoms with van der Waals surface area (Å²) in [5, 5.41) is 2.78. The highest BCUT2D eigenvalue weighted by Crippen LogP contribution is 2.34. The van der Waals surface area contributed by atoms with Crippen LogP contribution < -0.4 is 5.32 Å². The van der Waals surface area contributed by atoms with Crippen molar-refractivity contribution in [3.8, 4) is 0 Å². The molecule has 0 unspecified atom stereocenters. The fourth-order valence-electron chi connectivity index (χ4n) is 2.79. The minimum absolute atomic E-state index is 0.0936. The Bertz CT molecular complexity index is 1110. The van der Waals surface area contributed by atoms with Crippen molar-refractivity contribution < 1.29 is 36.7 Å². The van der Waals surface area contributed by atoms with E-state index in [1.54, 1.807) is 31.2 Å². The van der Waals surface area contributed by atoms with Crippen molar-refractivity contribution in [2.45, 2.75) is 19.7 Å². The molecule has 0 bridgehead atoms. The number of benzene rings is 2. The van der Waals surface area contributed by atoms with Crippen molar-refractivity contribution >= 4 is 40.1 Å². The van der Waals surface area contributed by atoms with Crippen LogP contribution in [0.25, 0.3) is 11.0 Å². The molecule has 1 aromatic heterocycles. The molecular formula is C21H17ClF3NO5. The van der Waals surface area contributed by atoms with Gasteiger partial charge in [0.2, 0.25) is 5.76 Å². The van der Waals surface area contributed by atoms with E-state index in [-0.39, 0.29) is 23.1 Å². The van der Waals surface area contributed by atoms with Gasteiger partial charge in [-0.05, 0) is 31.2 Å². The molecule has 0 saturated heterocycles. The zero-order valence-corrected chi connectivity index (χ0v) is 17.0. The molecule has 0 atom stereocenters. The molecule has 1 amide bonds. The average molecular weight is 456 g/mol. The van der Waals surface area contributed by atoms with Crippen LogP contribution in [0.1, 0.15) is 28.6 Å². The summed E-state index contributed by atoms with van der Waals surface area (Å²) < 4.78 is 54.5. The summed E-state index contributed by atoms with van der Waals surface area (Å²) in [7, 11) is 0. The first-order chi connectivity index (χ1) is 14.7. The highest BCUT2D eigenvalue weighted by Gasteiger charge is 2.31. The summed E-state index contributed by atoms with van der Waals surface area (Å²) >= 11 is 5.84. The van der Waals surface area contributed by atoms with Gasteiger partial charge in [-0.15, -0.1) is 0 Å². The number of alkyl halides is 3. The zero-order valence-electron chi connectivity index (χ0n) is 16.2. The predicted octanol–water partition coefficient (Wildman–Crippen LogP) is 5.44. The molecular weight excluding hydrogens is 439 g/mol. The molecule has 1 N–H and O–H groups in total. The molecule has 0 spiro atoms. The Kier molecular flexibility index (Phi) is 6.87. The molecule has 3 aromatic rings. The van der Waals surface area contributed by atoms with Gasteiger partial charge in [0.25, 0.3) is 5.91 Å². The van der Waals surface area contributed by atoms with E-state index in [1.807, 2.05) is 0 Å². The molecule has 3 rings (SSSR count). The molecule has 1 heterocycles. The standard InChI is InChI=1S/C21H17ClF3NO5/c1-2-29-10-14-13-5-3-4-6-17(13)31-19(14)20(28)30-11-18(27)26-16-9-12(21(23,24)25)7-8-15(16)22/h3-9H,2,10-11H2,1H3,(H,26,27). The topological polar surface area (TPSA) is 77.8 Å². The lowest BCUT2D eigenvalue weighted by Gasteiger charge is -2.11. The molecule has 31 heavy (non-hydrogen) atoms. The van der Waals surface area contributed by atoms with Gasteiger partial charge in [0.05, 0.1) is 22.9 Å². The van der Waals surface area contributed by atoms with Crippen molar-refractivity contribution in [3.05, 3.63) is 64.4 Å². The molecule has 0 fully saturated rings. The highest BCUT2D eigenvalue weighted by atomic mass is 35.5. The maximum Gasteiger partial charge on any atom is 0.416 e. The fourth-order valence-corrected chi connectivity index (χ4v) is 2.96. The second-order valence-electron chi connectivity index (χ2n) is 6.36. The number of para-hydroxylation sites is 1. The maximum absolute atomic E-state index is 12.8. The second-order valence-corrected chi connectivity index (χ2v) is 6.77. The van der Waals surface area contributed by atoms with E-state index in [9.17, 15) is 22.8 Å². The van der Waals surface area contributed by atoms with E-state index in [0.717, 1.165) is 12.1 Å². The van der Waals surface area contributed by atoms with Gasteiger partial charge in [-0.1, -0.05) is 29.8 Å². The Labute approximate surface area is 179 Å². The lowest BCUT2D eigenvalue weighted by atomic mass is 10.1. The van der Waals surface area contributed by atoms with Crippen LogP contribution in [0.15, 0.2) is 46.9 Å². The number of carbonyl (C=O) groups is 2. The fraction of sp³-hybridized carbons (Fsp3) is 0.238. The van der Waals surface area contributed by atoms with Crippen LogP contribution in [0.3, 0.4) is 0 Å². The molecule has 0 radical (unpaired) electrons. The molecule has 6 nitrogen and oxygen atoms in total. The molecule has 0 aliphatic rings. The summed E-state index contributed by atoms with van der Waals surface area (Å²) in [6.07, 6.45) is -4.60. The van der Waals surface area contributed by atoms with Crippen LogP contribution in [0.2, 0.25) is 5.02 Å². The number of hydrogen-bond acceptors (Lipinski definition) is 5. The number of halogens is 4. The van der Waals surface area contributed by atoms with Crippen LogP contribution in [0.4, 0.5) is 18.9 Å². The minimum Gasteiger partial charge on any atom is -0.450 e. The number of ether oxygens (including phenoxy) is 2. The summed E-state index contributed by atoms with van der Waals surface area (Å²) in [5.41, 5.74) is -0.307. The van der Waals surface area contributed by atoms with Crippen LogP contribution >= 0.6 is 11.6 Å². The summed E-state index contributed by atoms with van der Waals surface area (Å²) in [6, 6.07) is 9.43. The van der Waals surface area contributed by atoms with E-state index < -0.39 is 30.2 Å². The summed E-state index contributed by atoms with van der Waals surface area (Å²) in [4.78, 5) is 24.6. The quantitative estimate of drug-likeness (QED) is 0.480. The van der Waals surface area contributed by atoms with Gasteiger partial charge in [-0.3, -0.25) is 4.79 Å². The first-order valence-electron chi connectivity index (χ1n) is 9.12. The van der Waals surface area contributed by atoms with Crippen molar-refractivity contribution in [1.82, 2.24) is 0 Å². The molecule has 2 aromatic carbocycles. The second kappa shape index (κ2) is 9.40. The van der Waals surface area contributed by atoms with E-state index in [4.69, 9.17) is 25.5 Å². The van der Waals surface area contributed by atoms with Gasteiger partial charge in [0.15, 0.2) is 6.61 Å². The van der Waals surface area contributed by atoms with Gasteiger partial charge in [-0.25, -0.2) is 4.79 Å². The van der Waals surface area contributed by atoms with Crippen molar-refractivity contribution in [2.24, 2.45) is 0 Å². The SMILES string of the molecule is CCOCc1c(C(=O)OCC(=O)Nc2cc(C(F)(F)F)ccc2Cl)oc2ccccc12. The third-order valence-electron chi connectivity index (χ3n) is 4.24. The van der Waals surface area contributed by atoms with Gasteiger partial charge in [-0.2, -0.15) is 13.2 Å². The largest absolute Gasteiger partial charge is 0.450 e. The van der Waals surface area contributed by atoms with Crippen LogP contribution in [-0.2, 0) is 27.1 Å². The first-order valence-corrected chi connectivity index (χ1v) is 9.50. The number of rotatable bonds is 7. The molecule has 10 heteroatoms. The summed E-state index contributed by atoms with van der Waals surface area (Å²) in [5.74, 6) is -1.88. The lowest BCUT2D eigenvalue weighted by molar-refractivity contribution is -0.137. The van der Waals surface area contributed by atoms with Crippen LogP contribution in [-0.4, -0.2) is 25.1 Å². The third-order valence-corrected chi connectivity index (χ3v) is 4.57. The van der Waals surface area contributed by atoms with E-state index in [2.05, 4.69) is 5.32 Å². The van der Waals surface area contributed by atoms with Crippen molar-refractivity contribution in [1.29, 1.82) is 0 Å². The van der Waals surface area contributed by atoms with Crippen LogP contribution in [0.5, 0.6) is 0 Å². The van der Waals surface area contributed by atoms with Crippen molar-refractivity contribution in [3.63, 3.8) is 0 Å². The summed E-state index contributed by atoms with van der Waals surface area (Å²) in [6.45, 7) is 1.55. The number of hydrogen-bond donors (Lipinski definition) is 1. The number of anilines is 1. The predicted molar refractivity (Wildman–Crippen MR) is 107 cm³/mol. The Morgan fingerprint density at radius 3 is 2.61 bits per heavy atom. The Balaban J connectivity index is 1.71. The van der Waals surface area contributed by atoms with Gasteiger partial charge >= 0.3 is 12.1 Å². The van der Waals surface area contributed by atoms with Crippen LogP contribution in [0, 0.1) is 0 Å². The van der Waals surface area contributed by atoms with Crippen molar-refractivity contribution in [2.75, 3.05) is 18.5 Å². The number of nitrogens with one attached hydrogen (secondary N) is 1. The molecule has 0 aliphatic heterocycles. The van der Waals surface area contributed by atoms with E-state index >= 15 is 0 Å². The number of amides is 1. The number of furan rings is 1. The lowest BCUT2D eigenvalue weighted by Crippen LogP contribution is -2.21. The van der Waals surface area contributed by atoms with E-state index in [0.29, 0.717) is 29.2 Å².